The molecule has 0 saturated carbocycles. The number of hydrogen-bond donors (Lipinski definition) is 0. The monoisotopic (exact) mass is 356 g/mol. The predicted molar refractivity (Wildman–Crippen MR) is 93.1 cm³/mol. The molecule has 1 aromatic carbocycles. The van der Waals surface area contributed by atoms with Gasteiger partial charge in [0.15, 0.2) is 0 Å². The van der Waals surface area contributed by atoms with Crippen molar-refractivity contribution in [3.63, 3.8) is 0 Å². The highest BCUT2D eigenvalue weighted by Crippen LogP contribution is 2.25. The molecule has 3 aromatic rings. The Morgan fingerprint density at radius 2 is 2.08 bits per heavy atom. The average molecular weight is 356 g/mol. The van der Waals surface area contributed by atoms with Gasteiger partial charge in [-0.3, -0.25) is 4.79 Å². The molecule has 0 aliphatic carbocycles. The van der Waals surface area contributed by atoms with Crippen molar-refractivity contribution in [2.45, 2.75) is 12.5 Å². The second-order valence-corrected chi connectivity index (χ2v) is 6.57. The van der Waals surface area contributed by atoms with Crippen molar-refractivity contribution in [3.8, 4) is 11.8 Å². The van der Waals surface area contributed by atoms with Gasteiger partial charge in [-0.15, -0.1) is 11.3 Å². The maximum absolute atomic E-state index is 12.7. The highest BCUT2D eigenvalue weighted by molar-refractivity contribution is 7.16. The lowest BCUT2D eigenvalue weighted by atomic mass is 10.2. The van der Waals surface area contributed by atoms with Gasteiger partial charge in [-0.05, 0) is 18.2 Å². The van der Waals surface area contributed by atoms with E-state index in [2.05, 4.69) is 15.0 Å². The van der Waals surface area contributed by atoms with Crippen molar-refractivity contribution in [3.05, 3.63) is 41.7 Å². The Bertz CT molecular complexity index is 914. The van der Waals surface area contributed by atoms with Crippen LogP contribution in [-0.4, -0.2) is 52.1 Å². The molecule has 0 N–H and O–H groups in total. The summed E-state index contributed by atoms with van der Waals surface area (Å²) in [6, 6.07) is 5.60. The molecule has 25 heavy (non-hydrogen) atoms. The smallest absolute Gasteiger partial charge is 0.278 e. The molecule has 1 aliphatic rings. The van der Waals surface area contributed by atoms with E-state index in [4.69, 9.17) is 9.47 Å². The summed E-state index contributed by atoms with van der Waals surface area (Å²) >= 11 is 1.53. The van der Waals surface area contributed by atoms with Gasteiger partial charge in [-0.1, -0.05) is 0 Å². The van der Waals surface area contributed by atoms with Crippen molar-refractivity contribution >= 4 is 27.5 Å². The fourth-order valence-corrected chi connectivity index (χ4v) is 3.59. The molecule has 1 aliphatic heterocycles. The normalized spacial score (nSPS) is 17.0. The molecular weight excluding hydrogens is 340 g/mol. The molecule has 8 heteroatoms. The molecule has 1 amide bonds. The average Bonchev–Trinajstić information content (AvgIpc) is 3.30. The molecule has 1 saturated heterocycles. The van der Waals surface area contributed by atoms with Crippen molar-refractivity contribution in [1.82, 2.24) is 19.9 Å². The van der Waals surface area contributed by atoms with Crippen molar-refractivity contribution < 1.29 is 14.3 Å². The molecule has 4 rings (SSSR count). The first kappa shape index (κ1) is 15.8. The molecule has 1 atom stereocenters. The fourth-order valence-electron chi connectivity index (χ4n) is 2.87. The summed E-state index contributed by atoms with van der Waals surface area (Å²) in [6.45, 7) is 1.16. The molecule has 0 spiro atoms. The third kappa shape index (κ3) is 3.12. The highest BCUT2D eigenvalue weighted by Gasteiger charge is 2.29. The van der Waals surface area contributed by atoms with E-state index in [0.717, 1.165) is 16.6 Å². The van der Waals surface area contributed by atoms with E-state index in [-0.39, 0.29) is 12.0 Å². The Balaban J connectivity index is 1.45. The second-order valence-electron chi connectivity index (χ2n) is 5.69. The van der Waals surface area contributed by atoms with E-state index in [1.54, 1.807) is 22.8 Å². The van der Waals surface area contributed by atoms with Crippen LogP contribution in [0.1, 0.15) is 16.8 Å². The number of aromatic nitrogens is 3. The lowest BCUT2D eigenvalue weighted by Crippen LogP contribution is -2.31. The van der Waals surface area contributed by atoms with Crippen LogP contribution in [0.3, 0.4) is 0 Å². The van der Waals surface area contributed by atoms with Crippen LogP contribution < -0.4 is 9.47 Å². The Labute approximate surface area is 148 Å². The van der Waals surface area contributed by atoms with Crippen molar-refractivity contribution in [2.75, 3.05) is 20.2 Å². The van der Waals surface area contributed by atoms with Crippen LogP contribution in [0.15, 0.2) is 36.1 Å². The van der Waals surface area contributed by atoms with Crippen molar-refractivity contribution in [2.24, 2.45) is 0 Å². The number of fused-ring (bicyclic) bond motifs is 1. The maximum atomic E-state index is 12.7. The van der Waals surface area contributed by atoms with E-state index < -0.39 is 0 Å². The zero-order chi connectivity index (χ0) is 17.2. The third-order valence-electron chi connectivity index (χ3n) is 4.12. The molecule has 1 fully saturated rings. The first-order valence-corrected chi connectivity index (χ1v) is 8.77. The number of ether oxygens (including phenoxy) is 2. The van der Waals surface area contributed by atoms with Gasteiger partial charge < -0.3 is 14.4 Å². The Kier molecular flexibility index (Phi) is 4.19. The SMILES string of the molecule is COc1nccnc1OC1CCN(C(=O)c2ccc3ncsc3c2)C1. The number of carbonyl (C=O) groups is 1. The van der Waals surface area contributed by atoms with Crippen LogP contribution in [0.2, 0.25) is 0 Å². The topological polar surface area (TPSA) is 77.4 Å². The third-order valence-corrected chi connectivity index (χ3v) is 4.91. The highest BCUT2D eigenvalue weighted by atomic mass is 32.1. The Morgan fingerprint density at radius 1 is 1.24 bits per heavy atom. The zero-order valence-electron chi connectivity index (χ0n) is 13.6. The second kappa shape index (κ2) is 6.64. The number of carbonyl (C=O) groups excluding carboxylic acids is 1. The number of hydrogen-bond acceptors (Lipinski definition) is 7. The van der Waals surface area contributed by atoms with E-state index in [1.807, 2.05) is 18.2 Å². The lowest BCUT2D eigenvalue weighted by molar-refractivity contribution is 0.0770. The fraction of sp³-hybridized carbons (Fsp3) is 0.294. The summed E-state index contributed by atoms with van der Waals surface area (Å²) in [5, 5.41) is 0. The summed E-state index contributed by atoms with van der Waals surface area (Å²) in [4.78, 5) is 27.0. The number of thiazole rings is 1. The quantitative estimate of drug-likeness (QED) is 0.714. The van der Waals surface area contributed by atoms with Gasteiger partial charge in [-0.2, -0.15) is 0 Å². The van der Waals surface area contributed by atoms with Gasteiger partial charge in [-0.25, -0.2) is 15.0 Å². The minimum absolute atomic E-state index is 0.00695. The minimum Gasteiger partial charge on any atom is -0.477 e. The van der Waals surface area contributed by atoms with E-state index in [1.165, 1.54) is 18.4 Å². The first-order valence-electron chi connectivity index (χ1n) is 7.89. The van der Waals surface area contributed by atoms with Gasteiger partial charge in [0.1, 0.15) is 6.10 Å². The van der Waals surface area contributed by atoms with Gasteiger partial charge in [0.05, 0.1) is 29.4 Å². The Hall–Kier alpha value is -2.74. The molecule has 128 valence electrons. The number of amides is 1. The summed E-state index contributed by atoms with van der Waals surface area (Å²) in [6.07, 6.45) is 3.72. The molecule has 1 unspecified atom stereocenters. The number of likely N-dealkylation sites (tertiary alicyclic amines) is 1. The number of nitrogens with zero attached hydrogens (tertiary/aromatic N) is 4. The Morgan fingerprint density at radius 3 is 2.92 bits per heavy atom. The molecule has 3 heterocycles. The van der Waals surface area contributed by atoms with Crippen LogP contribution in [0, 0.1) is 0 Å². The molecule has 7 nitrogen and oxygen atoms in total. The van der Waals surface area contributed by atoms with Crippen LogP contribution in [0.4, 0.5) is 0 Å². The standard InChI is InChI=1S/C17H16N4O3S/c1-23-15-16(19-6-5-18-15)24-12-4-7-21(9-12)17(22)11-2-3-13-14(8-11)25-10-20-13/h2-3,5-6,8,10,12H,4,7,9H2,1H3. The van der Waals surface area contributed by atoms with E-state index >= 15 is 0 Å². The van der Waals surface area contributed by atoms with Gasteiger partial charge >= 0.3 is 0 Å². The van der Waals surface area contributed by atoms with Crippen LogP contribution >= 0.6 is 11.3 Å². The van der Waals surface area contributed by atoms with E-state index in [9.17, 15) is 4.79 Å². The van der Waals surface area contributed by atoms with Crippen LogP contribution in [0.25, 0.3) is 10.2 Å². The zero-order valence-corrected chi connectivity index (χ0v) is 14.4. The molecule has 0 radical (unpaired) electrons. The number of methoxy groups -OCH3 is 1. The minimum atomic E-state index is -0.123. The number of rotatable bonds is 4. The van der Waals surface area contributed by atoms with Crippen LogP contribution in [-0.2, 0) is 0 Å². The molecular formula is C17H16N4O3S. The van der Waals surface area contributed by atoms with Gasteiger partial charge in [0, 0.05) is 30.9 Å². The largest absolute Gasteiger partial charge is 0.477 e. The molecule has 0 bridgehead atoms. The summed E-state index contributed by atoms with van der Waals surface area (Å²) < 4.78 is 12.0. The molecule has 2 aromatic heterocycles. The number of benzene rings is 1. The summed E-state index contributed by atoms with van der Waals surface area (Å²) in [5.74, 6) is 0.714. The maximum Gasteiger partial charge on any atom is 0.278 e. The summed E-state index contributed by atoms with van der Waals surface area (Å²) in [7, 11) is 1.52. The lowest BCUT2D eigenvalue weighted by Gasteiger charge is -2.17. The van der Waals surface area contributed by atoms with Crippen molar-refractivity contribution in [1.29, 1.82) is 0 Å². The predicted octanol–water partition coefficient (Wildman–Crippen LogP) is 2.39. The van der Waals surface area contributed by atoms with Crippen LogP contribution in [0.5, 0.6) is 11.8 Å². The summed E-state index contributed by atoms with van der Waals surface area (Å²) in [5.41, 5.74) is 3.38. The van der Waals surface area contributed by atoms with Gasteiger partial charge in [0.25, 0.3) is 17.7 Å². The van der Waals surface area contributed by atoms with Gasteiger partial charge in [0.2, 0.25) is 0 Å². The first-order chi connectivity index (χ1) is 12.2. The van der Waals surface area contributed by atoms with E-state index in [0.29, 0.717) is 30.4 Å².